The van der Waals surface area contributed by atoms with Gasteiger partial charge in [-0.15, -0.1) is 0 Å². The summed E-state index contributed by atoms with van der Waals surface area (Å²) in [6.45, 7) is -0.403. The van der Waals surface area contributed by atoms with Crippen LogP contribution >= 0.6 is 0 Å². The highest BCUT2D eigenvalue weighted by Gasteiger charge is 2.34. The minimum atomic E-state index is -4.62. The number of aliphatic hydroxyl groups excluding tert-OH is 1. The van der Waals surface area contributed by atoms with E-state index in [4.69, 9.17) is 0 Å². The van der Waals surface area contributed by atoms with Crippen molar-refractivity contribution in [2.75, 3.05) is 6.54 Å². The number of halogens is 3. The van der Waals surface area contributed by atoms with Crippen LogP contribution in [0.2, 0.25) is 0 Å². The fourth-order valence-electron chi connectivity index (χ4n) is 3.39. The Morgan fingerprint density at radius 2 is 1.42 bits per heavy atom. The summed E-state index contributed by atoms with van der Waals surface area (Å²) in [6, 6.07) is 21.4. The van der Waals surface area contributed by atoms with E-state index in [0.29, 0.717) is 11.1 Å². The molecule has 3 aromatic carbocycles. The van der Waals surface area contributed by atoms with Gasteiger partial charge in [0.15, 0.2) is 0 Å². The van der Waals surface area contributed by atoms with Gasteiger partial charge in [0.2, 0.25) is 5.91 Å². The van der Waals surface area contributed by atoms with Crippen molar-refractivity contribution in [2.24, 2.45) is 0 Å². The molecule has 0 bridgehead atoms. The van der Waals surface area contributed by atoms with Crippen molar-refractivity contribution in [3.05, 3.63) is 107 Å². The summed E-state index contributed by atoms with van der Waals surface area (Å²) in [4.78, 5) is 25.2. The van der Waals surface area contributed by atoms with Crippen LogP contribution in [0.15, 0.2) is 84.9 Å². The maximum atomic E-state index is 13.2. The van der Waals surface area contributed by atoms with Gasteiger partial charge >= 0.3 is 6.18 Å². The third kappa shape index (κ3) is 6.66. The molecular formula is C25H23F3N2O3. The zero-order valence-electron chi connectivity index (χ0n) is 17.5. The van der Waals surface area contributed by atoms with E-state index in [1.54, 1.807) is 60.7 Å². The van der Waals surface area contributed by atoms with Crippen molar-refractivity contribution in [1.29, 1.82) is 0 Å². The second-order valence-corrected chi connectivity index (χ2v) is 7.41. The Kier molecular flexibility index (Phi) is 7.84. The molecule has 0 radical (unpaired) electrons. The minimum Gasteiger partial charge on any atom is -0.387 e. The molecule has 0 saturated heterocycles. The van der Waals surface area contributed by atoms with Gasteiger partial charge in [0, 0.05) is 12.1 Å². The molecule has 3 N–H and O–H groups in total. The average Bonchev–Trinajstić information content (AvgIpc) is 2.82. The van der Waals surface area contributed by atoms with E-state index in [2.05, 4.69) is 10.6 Å². The molecule has 0 aromatic heterocycles. The molecule has 0 aliphatic carbocycles. The number of alkyl halides is 3. The quantitative estimate of drug-likeness (QED) is 0.470. The minimum absolute atomic E-state index is 0.157. The van der Waals surface area contributed by atoms with E-state index >= 15 is 0 Å². The summed E-state index contributed by atoms with van der Waals surface area (Å²) in [7, 11) is 0. The number of amides is 2. The first-order valence-corrected chi connectivity index (χ1v) is 10.3. The smallest absolute Gasteiger partial charge is 0.387 e. The van der Waals surface area contributed by atoms with Gasteiger partial charge in [-0.25, -0.2) is 0 Å². The molecule has 2 atom stereocenters. The topological polar surface area (TPSA) is 78.4 Å². The largest absolute Gasteiger partial charge is 0.416 e. The summed E-state index contributed by atoms with van der Waals surface area (Å²) in [5, 5.41) is 15.6. The molecule has 2 amide bonds. The molecule has 172 valence electrons. The van der Waals surface area contributed by atoms with Crippen molar-refractivity contribution in [2.45, 2.75) is 24.7 Å². The van der Waals surface area contributed by atoms with Gasteiger partial charge in [-0.1, -0.05) is 66.7 Å². The molecule has 3 rings (SSSR count). The lowest BCUT2D eigenvalue weighted by Crippen LogP contribution is -2.35. The number of benzene rings is 3. The van der Waals surface area contributed by atoms with E-state index in [-0.39, 0.29) is 17.9 Å². The molecule has 8 heteroatoms. The van der Waals surface area contributed by atoms with Gasteiger partial charge in [0.1, 0.15) is 0 Å². The third-order valence-electron chi connectivity index (χ3n) is 5.05. The standard InChI is InChI=1S/C25H23F3N2O3/c26-25(27,28)20-14-8-7-13-19(20)22(31)16-29-23(32)15-21(17-9-3-1-4-10-17)30-24(33)18-11-5-2-6-12-18/h1-14,21-22,31H,15-16H2,(H,29,32)(H,30,33). The van der Waals surface area contributed by atoms with Crippen LogP contribution in [-0.4, -0.2) is 23.5 Å². The van der Waals surface area contributed by atoms with Crippen LogP contribution in [0.3, 0.4) is 0 Å². The van der Waals surface area contributed by atoms with E-state index in [0.717, 1.165) is 6.07 Å². The lowest BCUT2D eigenvalue weighted by molar-refractivity contribution is -0.139. The highest BCUT2D eigenvalue weighted by atomic mass is 19.4. The van der Waals surface area contributed by atoms with E-state index in [9.17, 15) is 27.9 Å². The molecule has 0 saturated carbocycles. The highest BCUT2D eigenvalue weighted by molar-refractivity contribution is 5.94. The van der Waals surface area contributed by atoms with Gasteiger partial charge in [0.05, 0.1) is 24.1 Å². The van der Waals surface area contributed by atoms with Crippen LogP contribution in [0.1, 0.15) is 45.6 Å². The van der Waals surface area contributed by atoms with Crippen molar-refractivity contribution < 1.29 is 27.9 Å². The van der Waals surface area contributed by atoms with Crippen LogP contribution < -0.4 is 10.6 Å². The van der Waals surface area contributed by atoms with Gasteiger partial charge < -0.3 is 15.7 Å². The van der Waals surface area contributed by atoms with Crippen molar-refractivity contribution in [1.82, 2.24) is 10.6 Å². The highest BCUT2D eigenvalue weighted by Crippen LogP contribution is 2.34. The zero-order chi connectivity index (χ0) is 23.8. The number of carbonyl (C=O) groups is 2. The molecule has 0 aliphatic rings. The normalized spacial score (nSPS) is 13.1. The second kappa shape index (κ2) is 10.8. The van der Waals surface area contributed by atoms with Gasteiger partial charge in [-0.2, -0.15) is 13.2 Å². The molecular weight excluding hydrogens is 433 g/mol. The average molecular weight is 456 g/mol. The monoisotopic (exact) mass is 456 g/mol. The predicted octanol–water partition coefficient (Wildman–Crippen LogP) is 4.42. The predicted molar refractivity (Wildman–Crippen MR) is 117 cm³/mol. The molecule has 33 heavy (non-hydrogen) atoms. The molecule has 2 unspecified atom stereocenters. The Bertz CT molecular complexity index is 1070. The summed E-state index contributed by atoms with van der Waals surface area (Å²) in [5.41, 5.74) is -0.149. The summed E-state index contributed by atoms with van der Waals surface area (Å²) < 4.78 is 39.6. The fraction of sp³-hybridized carbons (Fsp3) is 0.200. The zero-order valence-corrected chi connectivity index (χ0v) is 17.5. The molecule has 0 aliphatic heterocycles. The lowest BCUT2D eigenvalue weighted by Gasteiger charge is -2.21. The molecule has 5 nitrogen and oxygen atoms in total. The Morgan fingerprint density at radius 1 is 0.848 bits per heavy atom. The van der Waals surface area contributed by atoms with Crippen LogP contribution in [-0.2, 0) is 11.0 Å². The molecule has 0 fully saturated rings. The Labute approximate surface area is 189 Å². The van der Waals surface area contributed by atoms with Crippen LogP contribution in [0, 0.1) is 0 Å². The number of rotatable bonds is 8. The summed E-state index contributed by atoms with van der Waals surface area (Å²) in [6.07, 6.45) is -6.32. The number of carbonyl (C=O) groups excluding carboxylic acids is 2. The third-order valence-corrected chi connectivity index (χ3v) is 5.05. The first-order chi connectivity index (χ1) is 15.8. The Morgan fingerprint density at radius 3 is 2.06 bits per heavy atom. The number of hydrogen-bond donors (Lipinski definition) is 3. The molecule has 0 spiro atoms. The van der Waals surface area contributed by atoms with Gasteiger partial charge in [-0.3, -0.25) is 9.59 Å². The van der Waals surface area contributed by atoms with E-state index < -0.39 is 36.3 Å². The fourth-order valence-corrected chi connectivity index (χ4v) is 3.39. The van der Waals surface area contributed by atoms with Crippen molar-refractivity contribution in [3.63, 3.8) is 0 Å². The number of hydrogen-bond acceptors (Lipinski definition) is 3. The first-order valence-electron chi connectivity index (χ1n) is 10.3. The first kappa shape index (κ1) is 24.0. The Hall–Kier alpha value is -3.65. The summed E-state index contributed by atoms with van der Waals surface area (Å²) >= 11 is 0. The van der Waals surface area contributed by atoms with Gasteiger partial charge in [0.25, 0.3) is 5.91 Å². The maximum Gasteiger partial charge on any atom is 0.416 e. The number of nitrogens with one attached hydrogen (secondary N) is 2. The van der Waals surface area contributed by atoms with Gasteiger partial charge in [-0.05, 0) is 29.3 Å². The lowest BCUT2D eigenvalue weighted by atomic mass is 10.0. The maximum absolute atomic E-state index is 13.2. The SMILES string of the molecule is O=C(CC(NC(=O)c1ccccc1)c1ccccc1)NCC(O)c1ccccc1C(F)(F)F. The summed E-state index contributed by atoms with van der Waals surface area (Å²) in [5.74, 6) is -0.892. The van der Waals surface area contributed by atoms with E-state index in [1.807, 2.05) is 0 Å². The molecule has 0 heterocycles. The number of aliphatic hydroxyl groups is 1. The van der Waals surface area contributed by atoms with E-state index in [1.165, 1.54) is 18.2 Å². The second-order valence-electron chi connectivity index (χ2n) is 7.41. The van der Waals surface area contributed by atoms with Crippen molar-refractivity contribution in [3.8, 4) is 0 Å². The molecule has 3 aromatic rings. The van der Waals surface area contributed by atoms with Crippen LogP contribution in [0.25, 0.3) is 0 Å². The van der Waals surface area contributed by atoms with Crippen LogP contribution in [0.5, 0.6) is 0 Å². The van der Waals surface area contributed by atoms with Crippen molar-refractivity contribution >= 4 is 11.8 Å². The Balaban J connectivity index is 1.67. The van der Waals surface area contributed by atoms with Crippen LogP contribution in [0.4, 0.5) is 13.2 Å².